The molecule has 0 amide bonds. The van der Waals surface area contributed by atoms with Gasteiger partial charge in [-0.3, -0.25) is 9.59 Å². The summed E-state index contributed by atoms with van der Waals surface area (Å²) in [5, 5.41) is 0. The van der Waals surface area contributed by atoms with Crippen molar-refractivity contribution in [2.24, 2.45) is 5.92 Å². The number of cyclic esters (lactones) is 2. The molecule has 0 saturated carbocycles. The topological polar surface area (TPSA) is 43.4 Å². The standard InChI is InChI=1S/C4H4O3.CH4/c1-2-3(5)7-4(2)6;/h2H,1H3;1H4. The summed E-state index contributed by atoms with van der Waals surface area (Å²) in [5.74, 6) is -1.32. The molecule has 0 aliphatic carbocycles. The molecule has 0 unspecified atom stereocenters. The second kappa shape index (κ2) is 1.94. The number of rotatable bonds is 0. The lowest BCUT2D eigenvalue weighted by Crippen LogP contribution is -2.38. The molecule has 3 heteroatoms. The van der Waals surface area contributed by atoms with Crippen LogP contribution in [0.4, 0.5) is 0 Å². The predicted molar refractivity (Wildman–Crippen MR) is 27.0 cm³/mol. The fraction of sp³-hybridized carbons (Fsp3) is 0.600. The van der Waals surface area contributed by atoms with Gasteiger partial charge in [0, 0.05) is 0 Å². The first-order valence-electron chi connectivity index (χ1n) is 1.97. The van der Waals surface area contributed by atoms with Gasteiger partial charge in [-0.2, -0.15) is 0 Å². The van der Waals surface area contributed by atoms with E-state index in [9.17, 15) is 9.59 Å². The van der Waals surface area contributed by atoms with Crippen molar-refractivity contribution in [1.82, 2.24) is 0 Å². The highest BCUT2D eigenvalue weighted by molar-refractivity contribution is 6.08. The van der Waals surface area contributed by atoms with E-state index in [1.54, 1.807) is 0 Å². The van der Waals surface area contributed by atoms with Crippen LogP contribution < -0.4 is 0 Å². The first kappa shape index (κ1) is 7.14. The predicted octanol–water partition coefficient (Wildman–Crippen LogP) is 0.342. The summed E-state index contributed by atoms with van der Waals surface area (Å²) in [4.78, 5) is 20.0. The van der Waals surface area contributed by atoms with E-state index < -0.39 is 17.9 Å². The Morgan fingerprint density at radius 2 is 1.75 bits per heavy atom. The van der Waals surface area contributed by atoms with Gasteiger partial charge < -0.3 is 4.74 Å². The summed E-state index contributed by atoms with van der Waals surface area (Å²) in [6.45, 7) is 1.52. The van der Waals surface area contributed by atoms with E-state index in [1.807, 2.05) is 0 Å². The lowest BCUT2D eigenvalue weighted by molar-refractivity contribution is -0.182. The van der Waals surface area contributed by atoms with E-state index in [2.05, 4.69) is 4.74 Å². The third-order valence-corrected chi connectivity index (χ3v) is 0.908. The summed E-state index contributed by atoms with van der Waals surface area (Å²) in [5.41, 5.74) is 0. The molecule has 0 aromatic carbocycles. The molecular formula is C5H8O3. The monoisotopic (exact) mass is 116 g/mol. The average Bonchev–Trinajstić information content (AvgIpc) is 1.68. The second-order valence-electron chi connectivity index (χ2n) is 1.46. The Morgan fingerprint density at radius 1 is 1.38 bits per heavy atom. The summed E-state index contributed by atoms with van der Waals surface area (Å²) < 4.78 is 3.97. The minimum absolute atomic E-state index is 0. The van der Waals surface area contributed by atoms with Crippen LogP contribution in [0.25, 0.3) is 0 Å². The summed E-state index contributed by atoms with van der Waals surface area (Å²) in [6.07, 6.45) is 0. The lowest BCUT2D eigenvalue weighted by atomic mass is 10.1. The van der Waals surface area contributed by atoms with Crippen molar-refractivity contribution in [1.29, 1.82) is 0 Å². The fourth-order valence-corrected chi connectivity index (χ4v) is 0.314. The van der Waals surface area contributed by atoms with Gasteiger partial charge in [-0.25, -0.2) is 0 Å². The molecule has 0 radical (unpaired) electrons. The number of hydrogen-bond acceptors (Lipinski definition) is 3. The van der Waals surface area contributed by atoms with Gasteiger partial charge in [-0.15, -0.1) is 0 Å². The van der Waals surface area contributed by atoms with Gasteiger partial charge >= 0.3 is 11.9 Å². The van der Waals surface area contributed by atoms with Gasteiger partial charge in [0.15, 0.2) is 5.92 Å². The SMILES string of the molecule is C.CC1C(=O)OC1=O. The van der Waals surface area contributed by atoms with Crippen molar-refractivity contribution in [2.45, 2.75) is 14.4 Å². The van der Waals surface area contributed by atoms with Crippen LogP contribution in [0.1, 0.15) is 14.4 Å². The van der Waals surface area contributed by atoms with Crippen molar-refractivity contribution < 1.29 is 14.3 Å². The molecule has 0 spiro atoms. The molecule has 1 aliphatic rings. The third kappa shape index (κ3) is 0.710. The average molecular weight is 116 g/mol. The maximum atomic E-state index is 10.00. The van der Waals surface area contributed by atoms with Crippen molar-refractivity contribution in [3.8, 4) is 0 Å². The van der Waals surface area contributed by atoms with Crippen LogP contribution >= 0.6 is 0 Å². The van der Waals surface area contributed by atoms with Gasteiger partial charge in [0.1, 0.15) is 0 Å². The van der Waals surface area contributed by atoms with Gasteiger partial charge in [0.05, 0.1) is 0 Å². The molecule has 0 aromatic heterocycles. The van der Waals surface area contributed by atoms with Crippen LogP contribution in [0.3, 0.4) is 0 Å². The quantitative estimate of drug-likeness (QED) is 0.338. The zero-order valence-corrected chi connectivity index (χ0v) is 3.80. The molecule has 1 fully saturated rings. The third-order valence-electron chi connectivity index (χ3n) is 0.908. The summed E-state index contributed by atoms with van der Waals surface area (Å²) in [7, 11) is 0. The normalized spacial score (nSPS) is 18.6. The molecule has 0 atom stereocenters. The molecule has 1 rings (SSSR count). The smallest absolute Gasteiger partial charge is 0.327 e. The van der Waals surface area contributed by atoms with E-state index in [-0.39, 0.29) is 7.43 Å². The van der Waals surface area contributed by atoms with E-state index in [0.29, 0.717) is 0 Å². The fourth-order valence-electron chi connectivity index (χ4n) is 0.314. The Hall–Kier alpha value is -0.860. The maximum absolute atomic E-state index is 10.00. The number of esters is 2. The minimum Gasteiger partial charge on any atom is -0.392 e. The molecule has 0 aromatic rings. The summed E-state index contributed by atoms with van der Waals surface area (Å²) >= 11 is 0. The van der Waals surface area contributed by atoms with E-state index in [0.717, 1.165) is 0 Å². The Balaban J connectivity index is 0.000000490. The first-order valence-corrected chi connectivity index (χ1v) is 1.97. The number of ether oxygens (including phenoxy) is 1. The minimum atomic E-state index is -0.500. The van der Waals surface area contributed by atoms with Gasteiger partial charge in [0.25, 0.3) is 0 Å². The molecule has 0 N–H and O–H groups in total. The largest absolute Gasteiger partial charge is 0.392 e. The van der Waals surface area contributed by atoms with Gasteiger partial charge in [0.2, 0.25) is 0 Å². The van der Waals surface area contributed by atoms with Crippen molar-refractivity contribution in [3.63, 3.8) is 0 Å². The van der Waals surface area contributed by atoms with Gasteiger partial charge in [-0.05, 0) is 6.92 Å². The second-order valence-corrected chi connectivity index (χ2v) is 1.46. The maximum Gasteiger partial charge on any atom is 0.327 e. The van der Waals surface area contributed by atoms with Crippen LogP contribution in [-0.4, -0.2) is 11.9 Å². The van der Waals surface area contributed by atoms with Crippen molar-refractivity contribution in [2.75, 3.05) is 0 Å². The van der Waals surface area contributed by atoms with Crippen LogP contribution in [0.5, 0.6) is 0 Å². The highest BCUT2D eigenvalue weighted by Gasteiger charge is 2.36. The van der Waals surface area contributed by atoms with Crippen LogP contribution in [0.15, 0.2) is 0 Å². The number of carbonyl (C=O) groups excluding carboxylic acids is 2. The highest BCUT2D eigenvalue weighted by Crippen LogP contribution is 2.11. The molecule has 1 saturated heterocycles. The first-order chi connectivity index (χ1) is 3.22. The molecular weight excluding hydrogens is 108 g/mol. The Kier molecular flexibility index (Phi) is 1.73. The molecule has 8 heavy (non-hydrogen) atoms. The Bertz CT molecular complexity index is 114. The Labute approximate surface area is 47.6 Å². The van der Waals surface area contributed by atoms with E-state index in [1.165, 1.54) is 6.92 Å². The highest BCUT2D eigenvalue weighted by atomic mass is 16.6. The Morgan fingerprint density at radius 3 is 1.75 bits per heavy atom. The van der Waals surface area contributed by atoms with Crippen molar-refractivity contribution >= 4 is 11.9 Å². The zero-order valence-electron chi connectivity index (χ0n) is 3.80. The zero-order chi connectivity index (χ0) is 5.44. The molecule has 1 heterocycles. The van der Waals surface area contributed by atoms with E-state index in [4.69, 9.17) is 0 Å². The lowest BCUT2D eigenvalue weighted by Gasteiger charge is -2.16. The van der Waals surface area contributed by atoms with Crippen LogP contribution in [0.2, 0.25) is 0 Å². The number of carbonyl (C=O) groups is 2. The summed E-state index contributed by atoms with van der Waals surface area (Å²) in [6, 6.07) is 0. The number of hydrogen-bond donors (Lipinski definition) is 0. The molecule has 1 aliphatic heterocycles. The van der Waals surface area contributed by atoms with Crippen LogP contribution in [-0.2, 0) is 14.3 Å². The van der Waals surface area contributed by atoms with E-state index >= 15 is 0 Å². The van der Waals surface area contributed by atoms with Crippen LogP contribution in [0, 0.1) is 5.92 Å². The van der Waals surface area contributed by atoms with Crippen molar-refractivity contribution in [3.05, 3.63) is 0 Å². The molecule has 3 nitrogen and oxygen atoms in total. The van der Waals surface area contributed by atoms with Gasteiger partial charge in [-0.1, -0.05) is 7.43 Å². The molecule has 0 bridgehead atoms. The molecule has 46 valence electrons.